The van der Waals surface area contributed by atoms with Gasteiger partial charge in [0.05, 0.1) is 38.6 Å². The summed E-state index contributed by atoms with van der Waals surface area (Å²) in [5, 5.41) is 0. The van der Waals surface area contributed by atoms with Crippen molar-refractivity contribution in [2.45, 2.75) is 43.3 Å². The van der Waals surface area contributed by atoms with Gasteiger partial charge in [-0.3, -0.25) is 0 Å². The molecule has 2 aliphatic carbocycles. The zero-order chi connectivity index (χ0) is 17.3. The Morgan fingerprint density at radius 1 is 1.12 bits per heavy atom. The Morgan fingerprint density at radius 2 is 1.76 bits per heavy atom. The predicted molar refractivity (Wildman–Crippen MR) is 90.1 cm³/mol. The monoisotopic (exact) mass is 372 g/mol. The second-order valence-electron chi connectivity index (χ2n) is 7.20. The quantitative estimate of drug-likeness (QED) is 0.222. The molecule has 1 saturated carbocycles. The molecule has 2 saturated heterocycles. The van der Waals surface area contributed by atoms with Crippen LogP contribution in [0.2, 0.25) is 5.54 Å². The second kappa shape index (κ2) is 7.73. The predicted octanol–water partition coefficient (Wildman–Crippen LogP) is 1.50. The minimum atomic E-state index is -2.80. The Bertz CT molecular complexity index is 471. The third-order valence-corrected chi connectivity index (χ3v) is 8.58. The Kier molecular flexibility index (Phi) is 5.59. The summed E-state index contributed by atoms with van der Waals surface area (Å²) < 4.78 is 40.0. The summed E-state index contributed by atoms with van der Waals surface area (Å²) in [7, 11) is 0.580. The molecule has 2 bridgehead atoms. The highest BCUT2D eigenvalue weighted by Crippen LogP contribution is 2.52. The van der Waals surface area contributed by atoms with Crippen molar-refractivity contribution in [3.63, 3.8) is 0 Å². The maximum atomic E-state index is 6.25. The summed E-state index contributed by atoms with van der Waals surface area (Å²) in [6, 6.07) is 0. The van der Waals surface area contributed by atoms with Gasteiger partial charge in [0.25, 0.3) is 0 Å². The van der Waals surface area contributed by atoms with Gasteiger partial charge in [-0.25, -0.2) is 0 Å². The minimum absolute atomic E-state index is 0.186. The van der Waals surface area contributed by atoms with Gasteiger partial charge in [-0.2, -0.15) is 0 Å². The SMILES string of the molecule is CO[Si](OC)(OCC(OCC1CO1)OCC1CO1)C1CC2CC=C1C2. The van der Waals surface area contributed by atoms with E-state index in [2.05, 4.69) is 6.08 Å². The average molecular weight is 372 g/mol. The topological polar surface area (TPSA) is 71.2 Å². The van der Waals surface area contributed by atoms with Crippen molar-refractivity contribution in [1.82, 2.24) is 0 Å². The lowest BCUT2D eigenvalue weighted by Crippen LogP contribution is -2.50. The fourth-order valence-corrected chi connectivity index (χ4v) is 6.66. The Hall–Kier alpha value is -0.323. The fraction of sp³-hybridized carbons (Fsp3) is 0.882. The molecule has 0 N–H and O–H groups in total. The van der Waals surface area contributed by atoms with Crippen LogP contribution in [-0.2, 0) is 32.2 Å². The van der Waals surface area contributed by atoms with E-state index >= 15 is 0 Å². The maximum absolute atomic E-state index is 6.25. The van der Waals surface area contributed by atoms with Crippen LogP contribution in [0.15, 0.2) is 11.6 Å². The molecule has 4 unspecified atom stereocenters. The highest BCUT2D eigenvalue weighted by Gasteiger charge is 2.54. The van der Waals surface area contributed by atoms with Gasteiger partial charge in [-0.15, -0.1) is 0 Å². The first-order valence-corrected chi connectivity index (χ1v) is 10.9. The number of ether oxygens (including phenoxy) is 4. The Morgan fingerprint density at radius 3 is 2.20 bits per heavy atom. The van der Waals surface area contributed by atoms with E-state index in [9.17, 15) is 0 Å². The van der Waals surface area contributed by atoms with Crippen molar-refractivity contribution in [2.24, 2.45) is 5.92 Å². The summed E-state index contributed by atoms with van der Waals surface area (Å²) in [5.41, 5.74) is 1.71. The molecule has 4 atom stereocenters. The first-order chi connectivity index (χ1) is 12.2. The van der Waals surface area contributed by atoms with Crippen LogP contribution in [0, 0.1) is 5.92 Å². The third kappa shape index (κ3) is 4.33. The van der Waals surface area contributed by atoms with Crippen molar-refractivity contribution < 1.29 is 32.2 Å². The lowest BCUT2D eigenvalue weighted by molar-refractivity contribution is -0.169. The number of fused-ring (bicyclic) bond motifs is 2. The van der Waals surface area contributed by atoms with Crippen LogP contribution in [0.3, 0.4) is 0 Å². The van der Waals surface area contributed by atoms with Crippen molar-refractivity contribution in [2.75, 3.05) is 47.3 Å². The number of allylic oxidation sites excluding steroid dienone is 2. The van der Waals surface area contributed by atoms with Crippen LogP contribution in [-0.4, -0.2) is 74.6 Å². The molecule has 0 spiro atoms. The zero-order valence-corrected chi connectivity index (χ0v) is 16.0. The highest BCUT2D eigenvalue weighted by molar-refractivity contribution is 6.63. The van der Waals surface area contributed by atoms with Gasteiger partial charge >= 0.3 is 8.80 Å². The number of hydrogen-bond donors (Lipinski definition) is 0. The first kappa shape index (κ1) is 18.1. The van der Waals surface area contributed by atoms with E-state index in [-0.39, 0.29) is 17.7 Å². The molecule has 25 heavy (non-hydrogen) atoms. The zero-order valence-electron chi connectivity index (χ0n) is 15.0. The molecule has 2 aliphatic heterocycles. The van der Waals surface area contributed by atoms with Crippen LogP contribution >= 0.6 is 0 Å². The van der Waals surface area contributed by atoms with E-state index < -0.39 is 15.1 Å². The van der Waals surface area contributed by atoms with Crippen LogP contribution in [0.5, 0.6) is 0 Å². The number of epoxide rings is 2. The molecule has 0 aromatic rings. The molecule has 142 valence electrons. The Balaban J connectivity index is 1.35. The molecule has 8 heteroatoms. The second-order valence-corrected chi connectivity index (χ2v) is 10.2. The normalized spacial score (nSPS) is 34.2. The molecule has 0 amide bonds. The average Bonchev–Trinajstić information content (AvgIpc) is 3.57. The molecule has 4 rings (SSSR count). The van der Waals surface area contributed by atoms with Gasteiger partial charge in [0, 0.05) is 14.2 Å². The van der Waals surface area contributed by atoms with Gasteiger partial charge in [0.2, 0.25) is 0 Å². The van der Waals surface area contributed by atoms with Crippen molar-refractivity contribution in [3.8, 4) is 0 Å². The van der Waals surface area contributed by atoms with Crippen molar-refractivity contribution in [3.05, 3.63) is 11.6 Å². The van der Waals surface area contributed by atoms with Crippen molar-refractivity contribution >= 4 is 8.80 Å². The summed E-state index contributed by atoms with van der Waals surface area (Å²) in [4.78, 5) is 0. The van der Waals surface area contributed by atoms with Gasteiger partial charge in [0.15, 0.2) is 6.29 Å². The van der Waals surface area contributed by atoms with Crippen LogP contribution in [0.1, 0.15) is 19.3 Å². The van der Waals surface area contributed by atoms with E-state index in [0.29, 0.717) is 19.8 Å². The smallest absolute Gasteiger partial charge is 0.376 e. The van der Waals surface area contributed by atoms with Crippen LogP contribution < -0.4 is 0 Å². The molecule has 2 heterocycles. The summed E-state index contributed by atoms with van der Waals surface area (Å²) in [6.07, 6.45) is 5.68. The minimum Gasteiger partial charge on any atom is -0.376 e. The van der Waals surface area contributed by atoms with Crippen LogP contribution in [0.25, 0.3) is 0 Å². The summed E-state index contributed by atoms with van der Waals surface area (Å²) in [6.45, 7) is 2.84. The molecular formula is C17H28O7Si. The van der Waals surface area contributed by atoms with Gasteiger partial charge in [-0.05, 0) is 25.2 Å². The van der Waals surface area contributed by atoms with Crippen LogP contribution in [0.4, 0.5) is 0 Å². The first-order valence-electron chi connectivity index (χ1n) is 9.12. The molecule has 0 aromatic heterocycles. The fourth-order valence-electron chi connectivity index (χ4n) is 3.81. The van der Waals surface area contributed by atoms with Gasteiger partial charge < -0.3 is 32.2 Å². The molecule has 4 aliphatic rings. The standard InChI is InChI=1S/C17H28O7Si/c1-18-25(19-2,16-6-12-3-4-13(16)5-12)24-11-17(22-9-14-7-20-14)23-10-15-8-21-15/h4,12,14-17H,3,5-11H2,1-2H3. The van der Waals surface area contributed by atoms with E-state index in [1.54, 1.807) is 14.2 Å². The number of rotatable bonds is 12. The lowest BCUT2D eigenvalue weighted by Gasteiger charge is -2.34. The molecule has 0 aromatic carbocycles. The number of hydrogen-bond acceptors (Lipinski definition) is 7. The summed E-state index contributed by atoms with van der Waals surface area (Å²) >= 11 is 0. The Labute approximate surface area is 149 Å². The molecular weight excluding hydrogens is 344 g/mol. The largest absolute Gasteiger partial charge is 0.508 e. The molecule has 3 fully saturated rings. The molecule has 0 radical (unpaired) electrons. The lowest BCUT2D eigenvalue weighted by atomic mass is 10.1. The van der Waals surface area contributed by atoms with E-state index in [1.807, 2.05) is 0 Å². The van der Waals surface area contributed by atoms with Gasteiger partial charge in [0.1, 0.15) is 12.2 Å². The maximum Gasteiger partial charge on any atom is 0.508 e. The summed E-state index contributed by atoms with van der Waals surface area (Å²) in [5.74, 6) is 0.725. The van der Waals surface area contributed by atoms with Gasteiger partial charge in [-0.1, -0.05) is 11.6 Å². The van der Waals surface area contributed by atoms with E-state index in [0.717, 1.165) is 32.0 Å². The van der Waals surface area contributed by atoms with E-state index in [4.69, 9.17) is 32.2 Å². The van der Waals surface area contributed by atoms with E-state index in [1.165, 1.54) is 12.0 Å². The molecule has 7 nitrogen and oxygen atoms in total. The third-order valence-electron chi connectivity index (χ3n) is 5.41. The highest BCUT2D eigenvalue weighted by atomic mass is 28.4. The van der Waals surface area contributed by atoms with Crippen molar-refractivity contribution in [1.29, 1.82) is 0 Å².